The van der Waals surface area contributed by atoms with Gasteiger partial charge < -0.3 is 29.0 Å². The van der Waals surface area contributed by atoms with E-state index in [1.165, 1.54) is 141 Å². The van der Waals surface area contributed by atoms with Crippen LogP contribution in [0, 0.1) is 0 Å². The van der Waals surface area contributed by atoms with Crippen LogP contribution in [0.3, 0.4) is 0 Å². The molecule has 0 saturated heterocycles. The van der Waals surface area contributed by atoms with Gasteiger partial charge in [-0.2, -0.15) is 0 Å². The lowest BCUT2D eigenvalue weighted by Gasteiger charge is -2.23. The molecule has 0 bridgehead atoms. The zero-order chi connectivity index (χ0) is 46.7. The number of rotatable bonds is 44. The van der Waals surface area contributed by atoms with Gasteiger partial charge in [0, 0.05) is 12.8 Å². The molecule has 0 aliphatic carbocycles. The summed E-state index contributed by atoms with van der Waals surface area (Å²) in [5.41, 5.74) is -0.845. The molecule has 0 radical (unpaired) electrons. The topological polar surface area (TPSA) is 144 Å². The van der Waals surface area contributed by atoms with E-state index >= 15 is 0 Å². The third-order valence-corrected chi connectivity index (χ3v) is 11.2. The molecule has 1 N–H and O–H groups in total. The van der Waals surface area contributed by atoms with Crippen LogP contribution < -0.4 is 5.32 Å². The molecule has 0 aliphatic rings. The fourth-order valence-electron chi connectivity index (χ4n) is 7.38. The second-order valence-electron chi connectivity index (χ2n) is 18.8. The van der Waals surface area contributed by atoms with Crippen LogP contribution in [0.15, 0.2) is 0 Å². The normalized spacial score (nSPS) is 12.3. The molecule has 0 rings (SSSR count). The average Bonchev–Trinajstić information content (AvgIpc) is 3.23. The molecule has 0 saturated carbocycles. The van der Waals surface area contributed by atoms with Crippen LogP contribution >= 0.6 is 0 Å². The summed E-state index contributed by atoms with van der Waals surface area (Å²) in [6.07, 6.45) is 36.3. The highest BCUT2D eigenvalue weighted by Crippen LogP contribution is 2.17. The second kappa shape index (κ2) is 43.1. The van der Waals surface area contributed by atoms with Crippen molar-refractivity contribution < 1.29 is 47.7 Å². The Hall–Kier alpha value is -2.85. The third-order valence-electron chi connectivity index (χ3n) is 11.2. The van der Waals surface area contributed by atoms with Crippen molar-refractivity contribution in [2.24, 2.45) is 0 Å². The molecule has 0 aromatic heterocycles. The minimum Gasteiger partial charge on any atom is -0.466 e. The van der Waals surface area contributed by atoms with Crippen molar-refractivity contribution in [1.82, 2.24) is 5.32 Å². The molecule has 0 aromatic carbocycles. The highest BCUT2D eigenvalue weighted by Gasteiger charge is 2.30. The first-order valence-corrected chi connectivity index (χ1v) is 26.1. The summed E-state index contributed by atoms with van der Waals surface area (Å²) in [6, 6.07) is -1.40. The van der Waals surface area contributed by atoms with Crippen LogP contribution in [-0.2, 0) is 42.9 Å². The zero-order valence-corrected chi connectivity index (χ0v) is 41.6. The van der Waals surface area contributed by atoms with Crippen LogP contribution in [0.25, 0.3) is 0 Å². The highest BCUT2D eigenvalue weighted by atomic mass is 16.6. The van der Waals surface area contributed by atoms with E-state index in [4.69, 9.17) is 23.7 Å². The van der Waals surface area contributed by atoms with Gasteiger partial charge >= 0.3 is 30.0 Å². The predicted octanol–water partition coefficient (Wildman–Crippen LogP) is 14.1. The van der Waals surface area contributed by atoms with E-state index in [0.717, 1.165) is 44.9 Å². The summed E-state index contributed by atoms with van der Waals surface area (Å²) < 4.78 is 27.2. The summed E-state index contributed by atoms with van der Waals surface area (Å²) in [7, 11) is 0. The van der Waals surface area contributed by atoms with Crippen molar-refractivity contribution in [1.29, 1.82) is 0 Å². The molecule has 0 aliphatic heterocycles. The molecule has 2 atom stereocenters. The number of carbonyl (C=O) groups excluding carboxylic acids is 5. The Bertz CT molecular complexity index is 1120. The maximum Gasteiger partial charge on any atom is 0.408 e. The number of hydrogen-bond donors (Lipinski definition) is 1. The summed E-state index contributed by atoms with van der Waals surface area (Å²) >= 11 is 0. The minimum absolute atomic E-state index is 0.186. The number of esters is 4. The van der Waals surface area contributed by atoms with Crippen LogP contribution in [-0.4, -0.2) is 67.5 Å². The molecular weight excluding hydrogens is 799 g/mol. The molecule has 0 aromatic rings. The molecule has 370 valence electrons. The number of ether oxygens (including phenoxy) is 5. The average molecular weight is 896 g/mol. The third kappa shape index (κ3) is 42.8. The van der Waals surface area contributed by atoms with Crippen LogP contribution in [0.2, 0.25) is 0 Å². The van der Waals surface area contributed by atoms with Crippen LogP contribution in [0.1, 0.15) is 266 Å². The molecule has 11 heteroatoms. The Kier molecular flexibility index (Phi) is 41.1. The molecule has 11 nitrogen and oxygen atoms in total. The van der Waals surface area contributed by atoms with Gasteiger partial charge in [0.2, 0.25) is 0 Å². The van der Waals surface area contributed by atoms with Gasteiger partial charge in [0.05, 0.1) is 13.0 Å². The maximum absolute atomic E-state index is 13.3. The first kappa shape index (κ1) is 60.2. The summed E-state index contributed by atoms with van der Waals surface area (Å²) in [6.45, 7) is 11.0. The molecule has 0 fully saturated rings. The lowest BCUT2D eigenvalue weighted by molar-refractivity contribution is -0.168. The Balaban J connectivity index is 4.91. The monoisotopic (exact) mass is 896 g/mol. The Labute approximate surface area is 385 Å². The summed E-state index contributed by atoms with van der Waals surface area (Å²) in [5, 5.41) is 2.41. The van der Waals surface area contributed by atoms with E-state index in [1.807, 2.05) is 6.92 Å². The van der Waals surface area contributed by atoms with E-state index in [1.54, 1.807) is 20.8 Å². The number of carbonyl (C=O) groups is 5. The van der Waals surface area contributed by atoms with Gasteiger partial charge in [-0.3, -0.25) is 14.4 Å². The van der Waals surface area contributed by atoms with Crippen molar-refractivity contribution in [3.63, 3.8) is 0 Å². The number of alkyl carbamates (subject to hydrolysis) is 1. The number of hydrogen-bond acceptors (Lipinski definition) is 10. The fraction of sp³-hybridized carbons (Fsp3) is 0.904. The predicted molar refractivity (Wildman–Crippen MR) is 255 cm³/mol. The lowest BCUT2D eigenvalue weighted by Crippen LogP contribution is -2.46. The van der Waals surface area contributed by atoms with Crippen molar-refractivity contribution >= 4 is 30.0 Å². The van der Waals surface area contributed by atoms with Crippen molar-refractivity contribution in [2.75, 3.05) is 19.8 Å². The standard InChI is InChI=1S/C52H97NO10/c1-7-10-13-15-17-19-21-23-25-27-29-31-33-35-37-39-47(54)60-43-45(62-48(55)40-38-36-34-32-30-28-26-24-22-20-18-16-14-11-8-2)44-61-50(57)46(42-49(56)59-41-12-9-3)53-51(58)63-52(4,5)6/h45-46H,7-44H2,1-6H3,(H,53,58). The number of amides is 1. The first-order chi connectivity index (χ1) is 30.4. The SMILES string of the molecule is CCCCCCCCCCCCCCCCCC(=O)OCC(COC(=O)C(CC(=O)OCCCC)NC(=O)OC(C)(C)C)OC(=O)CCCCCCCCCCCCCCCCC. The number of unbranched alkanes of at least 4 members (excludes halogenated alkanes) is 29. The van der Waals surface area contributed by atoms with Gasteiger partial charge in [-0.1, -0.05) is 207 Å². The van der Waals surface area contributed by atoms with Crippen molar-refractivity contribution in [3.05, 3.63) is 0 Å². The van der Waals surface area contributed by atoms with Crippen molar-refractivity contribution in [2.45, 2.75) is 284 Å². The Morgan fingerprint density at radius 1 is 0.429 bits per heavy atom. The Morgan fingerprint density at radius 3 is 1.19 bits per heavy atom. The summed E-state index contributed by atoms with van der Waals surface area (Å²) in [4.78, 5) is 64.1. The smallest absolute Gasteiger partial charge is 0.408 e. The molecule has 0 spiro atoms. The van der Waals surface area contributed by atoms with E-state index < -0.39 is 60.7 Å². The van der Waals surface area contributed by atoms with Crippen molar-refractivity contribution in [3.8, 4) is 0 Å². The minimum atomic E-state index is -1.40. The van der Waals surface area contributed by atoms with E-state index in [9.17, 15) is 24.0 Å². The molecule has 1 amide bonds. The molecule has 2 unspecified atom stereocenters. The van der Waals surface area contributed by atoms with Gasteiger partial charge in [-0.25, -0.2) is 9.59 Å². The second-order valence-corrected chi connectivity index (χ2v) is 18.8. The molecule has 0 heterocycles. The van der Waals surface area contributed by atoms with E-state index in [-0.39, 0.29) is 26.1 Å². The van der Waals surface area contributed by atoms with Crippen LogP contribution in [0.5, 0.6) is 0 Å². The van der Waals surface area contributed by atoms with Gasteiger partial charge in [-0.15, -0.1) is 0 Å². The lowest BCUT2D eigenvalue weighted by atomic mass is 10.0. The molecule has 63 heavy (non-hydrogen) atoms. The van der Waals surface area contributed by atoms with E-state index in [2.05, 4.69) is 19.2 Å². The quantitative estimate of drug-likeness (QED) is 0.0356. The molecular formula is C52H97NO10. The number of nitrogens with one attached hydrogen (secondary N) is 1. The van der Waals surface area contributed by atoms with Crippen LogP contribution in [0.4, 0.5) is 4.79 Å². The Morgan fingerprint density at radius 2 is 0.794 bits per heavy atom. The maximum atomic E-state index is 13.3. The summed E-state index contributed by atoms with van der Waals surface area (Å²) in [5.74, 6) is -2.48. The van der Waals surface area contributed by atoms with Gasteiger partial charge in [0.15, 0.2) is 6.10 Å². The highest BCUT2D eigenvalue weighted by molar-refractivity contribution is 5.86. The van der Waals surface area contributed by atoms with Gasteiger partial charge in [-0.05, 0) is 40.0 Å². The zero-order valence-electron chi connectivity index (χ0n) is 41.6. The van der Waals surface area contributed by atoms with E-state index in [0.29, 0.717) is 19.3 Å². The first-order valence-electron chi connectivity index (χ1n) is 26.1. The van der Waals surface area contributed by atoms with Gasteiger partial charge in [0.1, 0.15) is 24.9 Å². The largest absolute Gasteiger partial charge is 0.466 e. The fourth-order valence-corrected chi connectivity index (χ4v) is 7.38. The van der Waals surface area contributed by atoms with Gasteiger partial charge in [0.25, 0.3) is 0 Å².